The molecule has 0 radical (unpaired) electrons. The fourth-order valence-corrected chi connectivity index (χ4v) is 3.28. The third kappa shape index (κ3) is 2.96. The monoisotopic (exact) mass is 337 g/mol. The quantitative estimate of drug-likeness (QED) is 0.803. The predicted octanol–water partition coefficient (Wildman–Crippen LogP) is 2.27. The second kappa shape index (κ2) is 6.57. The molecule has 0 aromatic heterocycles. The van der Waals surface area contributed by atoms with Crippen molar-refractivity contribution >= 4 is 17.6 Å². The van der Waals surface area contributed by atoms with Gasteiger partial charge in [0.05, 0.1) is 0 Å². The van der Waals surface area contributed by atoms with Crippen molar-refractivity contribution in [3.05, 3.63) is 66.2 Å². The number of hydrogen-bond donors (Lipinski definition) is 0. The largest absolute Gasteiger partial charge is 0.367 e. The highest BCUT2D eigenvalue weighted by atomic mass is 16.7. The molecule has 2 saturated heterocycles. The number of anilines is 1. The molecule has 3 amide bonds. The molecule has 6 heteroatoms. The summed E-state index contributed by atoms with van der Waals surface area (Å²) < 4.78 is 0. The van der Waals surface area contributed by atoms with Gasteiger partial charge >= 0.3 is 6.03 Å². The molecule has 2 aliphatic heterocycles. The van der Waals surface area contributed by atoms with Gasteiger partial charge in [0.25, 0.3) is 5.91 Å². The lowest BCUT2D eigenvalue weighted by Crippen LogP contribution is -2.53. The summed E-state index contributed by atoms with van der Waals surface area (Å²) in [6, 6.07) is 18.6. The number of carbonyl (C=O) groups is 2. The second-order valence-electron chi connectivity index (χ2n) is 6.16. The lowest BCUT2D eigenvalue weighted by atomic mass is 10.1. The number of para-hydroxylation sites is 1. The van der Waals surface area contributed by atoms with Crippen molar-refractivity contribution < 1.29 is 14.4 Å². The van der Waals surface area contributed by atoms with Gasteiger partial charge in [-0.1, -0.05) is 48.5 Å². The summed E-state index contributed by atoms with van der Waals surface area (Å²) in [5, 5.41) is 0.923. The zero-order valence-electron chi connectivity index (χ0n) is 13.7. The van der Waals surface area contributed by atoms with Crippen LogP contribution in [0.25, 0.3) is 0 Å². The minimum absolute atomic E-state index is 0.196. The molecule has 4 rings (SSSR count). The predicted molar refractivity (Wildman–Crippen MR) is 92.6 cm³/mol. The van der Waals surface area contributed by atoms with Gasteiger partial charge in [0, 0.05) is 25.3 Å². The smallest absolute Gasteiger partial charge is 0.352 e. The fraction of sp³-hybridized carbons (Fsp3) is 0.263. The summed E-state index contributed by atoms with van der Waals surface area (Å²) >= 11 is 0. The van der Waals surface area contributed by atoms with E-state index in [9.17, 15) is 9.59 Å². The Balaban J connectivity index is 1.45. The normalized spacial score (nSPS) is 20.2. The molecule has 6 nitrogen and oxygen atoms in total. The topological polar surface area (TPSA) is 53.1 Å². The Hall–Kier alpha value is -2.86. The van der Waals surface area contributed by atoms with E-state index < -0.39 is 6.04 Å². The van der Waals surface area contributed by atoms with E-state index in [1.54, 1.807) is 4.90 Å². The van der Waals surface area contributed by atoms with Crippen LogP contribution in [0.4, 0.5) is 10.5 Å². The maximum atomic E-state index is 12.7. The van der Waals surface area contributed by atoms with Crippen molar-refractivity contribution in [3.63, 3.8) is 0 Å². The minimum atomic E-state index is -0.489. The molecular weight excluding hydrogens is 318 g/mol. The van der Waals surface area contributed by atoms with Crippen molar-refractivity contribution in [2.45, 2.75) is 12.6 Å². The van der Waals surface area contributed by atoms with Crippen LogP contribution in [-0.2, 0) is 16.2 Å². The summed E-state index contributed by atoms with van der Waals surface area (Å²) in [6.07, 6.45) is 0. The second-order valence-corrected chi connectivity index (χ2v) is 6.16. The van der Waals surface area contributed by atoms with Gasteiger partial charge in [-0.3, -0.25) is 9.63 Å². The molecule has 0 N–H and O–H groups in total. The molecule has 2 aliphatic rings. The molecule has 0 aliphatic carbocycles. The van der Waals surface area contributed by atoms with Crippen LogP contribution in [-0.4, -0.2) is 47.6 Å². The van der Waals surface area contributed by atoms with Crippen molar-refractivity contribution in [2.75, 3.05) is 24.5 Å². The first kappa shape index (κ1) is 15.7. The van der Waals surface area contributed by atoms with E-state index in [2.05, 4.69) is 4.90 Å². The van der Waals surface area contributed by atoms with Gasteiger partial charge in [0.1, 0.15) is 12.6 Å². The number of piperazine rings is 1. The Kier molecular flexibility index (Phi) is 4.11. The summed E-state index contributed by atoms with van der Waals surface area (Å²) in [7, 11) is 0. The molecule has 25 heavy (non-hydrogen) atoms. The van der Waals surface area contributed by atoms with Crippen molar-refractivity contribution in [1.82, 2.24) is 9.96 Å². The number of rotatable bonds is 4. The molecule has 2 fully saturated rings. The lowest BCUT2D eigenvalue weighted by Gasteiger charge is -2.36. The van der Waals surface area contributed by atoms with E-state index in [0.717, 1.165) is 16.3 Å². The molecular formula is C19H19N3O3. The van der Waals surface area contributed by atoms with Gasteiger partial charge in [-0.25, -0.2) is 4.79 Å². The molecule has 1 atom stereocenters. The first-order valence-corrected chi connectivity index (χ1v) is 8.35. The number of hydrogen-bond acceptors (Lipinski definition) is 4. The molecule has 0 saturated carbocycles. The molecule has 0 bridgehead atoms. The van der Waals surface area contributed by atoms with Crippen LogP contribution in [0.1, 0.15) is 5.56 Å². The van der Waals surface area contributed by atoms with Crippen LogP contribution in [0.5, 0.6) is 0 Å². The SMILES string of the molecule is O=C1C2CN(c3ccccc3)CCN2C(=O)N1OCc1ccccc1. The van der Waals surface area contributed by atoms with Crippen molar-refractivity contribution in [1.29, 1.82) is 0 Å². The summed E-state index contributed by atoms with van der Waals surface area (Å²) in [6.45, 7) is 1.89. The Morgan fingerprint density at radius 3 is 2.32 bits per heavy atom. The summed E-state index contributed by atoms with van der Waals surface area (Å²) in [5.41, 5.74) is 1.98. The maximum absolute atomic E-state index is 12.7. The molecule has 2 aromatic carbocycles. The number of fused-ring (bicyclic) bond motifs is 1. The number of benzene rings is 2. The van der Waals surface area contributed by atoms with Gasteiger partial charge in [-0.2, -0.15) is 0 Å². The van der Waals surface area contributed by atoms with Gasteiger partial charge in [-0.15, -0.1) is 5.06 Å². The Bertz CT molecular complexity index is 766. The third-order valence-corrected chi connectivity index (χ3v) is 4.61. The average Bonchev–Trinajstić information content (AvgIpc) is 2.91. The van der Waals surface area contributed by atoms with Crippen LogP contribution in [0.3, 0.4) is 0 Å². The van der Waals surface area contributed by atoms with E-state index in [-0.39, 0.29) is 18.5 Å². The zero-order valence-corrected chi connectivity index (χ0v) is 13.7. The number of hydroxylamine groups is 2. The molecule has 2 heterocycles. The Morgan fingerprint density at radius 2 is 1.60 bits per heavy atom. The third-order valence-electron chi connectivity index (χ3n) is 4.61. The maximum Gasteiger partial charge on any atom is 0.352 e. The average molecular weight is 337 g/mol. The number of nitrogens with zero attached hydrogens (tertiary/aromatic N) is 3. The number of urea groups is 1. The molecule has 2 aromatic rings. The minimum Gasteiger partial charge on any atom is -0.367 e. The van der Waals surface area contributed by atoms with E-state index in [1.165, 1.54) is 0 Å². The van der Waals surface area contributed by atoms with E-state index >= 15 is 0 Å². The summed E-state index contributed by atoms with van der Waals surface area (Å²) in [5.74, 6) is -0.290. The van der Waals surface area contributed by atoms with Gasteiger partial charge in [0.15, 0.2) is 0 Å². The van der Waals surface area contributed by atoms with Crippen molar-refractivity contribution in [3.8, 4) is 0 Å². The van der Waals surface area contributed by atoms with Gasteiger partial charge in [-0.05, 0) is 17.7 Å². The summed E-state index contributed by atoms with van der Waals surface area (Å²) in [4.78, 5) is 34.4. The number of imide groups is 1. The van der Waals surface area contributed by atoms with Crippen LogP contribution >= 0.6 is 0 Å². The molecule has 128 valence electrons. The highest BCUT2D eigenvalue weighted by molar-refractivity contribution is 6.03. The zero-order chi connectivity index (χ0) is 17.2. The number of amides is 3. The van der Waals surface area contributed by atoms with Crippen LogP contribution in [0.2, 0.25) is 0 Å². The fourth-order valence-electron chi connectivity index (χ4n) is 3.28. The van der Waals surface area contributed by atoms with Crippen LogP contribution in [0.15, 0.2) is 60.7 Å². The highest BCUT2D eigenvalue weighted by Gasteiger charge is 2.48. The first-order valence-electron chi connectivity index (χ1n) is 8.35. The van der Waals surface area contributed by atoms with Gasteiger partial charge in [0.2, 0.25) is 0 Å². The van der Waals surface area contributed by atoms with E-state index in [0.29, 0.717) is 19.6 Å². The van der Waals surface area contributed by atoms with E-state index in [4.69, 9.17) is 4.84 Å². The van der Waals surface area contributed by atoms with E-state index in [1.807, 2.05) is 60.7 Å². The van der Waals surface area contributed by atoms with Crippen LogP contribution < -0.4 is 4.90 Å². The Morgan fingerprint density at radius 1 is 0.920 bits per heavy atom. The molecule has 1 unspecified atom stereocenters. The lowest BCUT2D eigenvalue weighted by molar-refractivity contribution is -0.166. The molecule has 0 spiro atoms. The van der Waals surface area contributed by atoms with Crippen molar-refractivity contribution in [2.24, 2.45) is 0 Å². The highest BCUT2D eigenvalue weighted by Crippen LogP contribution is 2.26. The van der Waals surface area contributed by atoms with Gasteiger partial charge < -0.3 is 9.80 Å². The standard InChI is InChI=1S/C19H19N3O3/c23-18-17-13-20(16-9-5-2-6-10-16)11-12-21(17)19(24)22(18)25-14-15-7-3-1-4-8-15/h1-10,17H,11-14H2. The first-order chi connectivity index (χ1) is 12.2. The Labute approximate surface area is 146 Å². The number of carbonyl (C=O) groups excluding carboxylic acids is 2. The van der Waals surface area contributed by atoms with Crippen LogP contribution in [0, 0.1) is 0 Å².